The van der Waals surface area contributed by atoms with Crippen LogP contribution in [-0.4, -0.2) is 18.0 Å². The molecule has 100 valence electrons. The van der Waals surface area contributed by atoms with E-state index in [1.54, 1.807) is 0 Å². The van der Waals surface area contributed by atoms with Crippen LogP contribution in [0.4, 0.5) is 0 Å². The molecule has 17 heavy (non-hydrogen) atoms. The molecule has 1 rings (SSSR count). The van der Waals surface area contributed by atoms with Crippen molar-refractivity contribution in [3.05, 3.63) is 0 Å². The molecule has 0 heterocycles. The molecular weight excluding hydrogens is 212 g/mol. The van der Waals surface area contributed by atoms with Gasteiger partial charge in [0.1, 0.15) is 0 Å². The fourth-order valence-corrected chi connectivity index (χ4v) is 2.62. The summed E-state index contributed by atoms with van der Waals surface area (Å²) in [5, 5.41) is 3.12. The van der Waals surface area contributed by atoms with E-state index < -0.39 is 0 Å². The van der Waals surface area contributed by atoms with E-state index in [1.165, 1.54) is 38.5 Å². The first kappa shape index (κ1) is 14.5. The molecule has 0 bridgehead atoms. The molecule has 1 fully saturated rings. The maximum Gasteiger partial charge on any atom is 0.221 e. The van der Waals surface area contributed by atoms with Crippen molar-refractivity contribution in [1.29, 1.82) is 0 Å². The van der Waals surface area contributed by atoms with Gasteiger partial charge < -0.3 is 11.1 Å². The molecule has 0 radical (unpaired) electrons. The highest BCUT2D eigenvalue weighted by Crippen LogP contribution is 2.25. The zero-order chi connectivity index (χ0) is 12.7. The van der Waals surface area contributed by atoms with Crippen molar-refractivity contribution >= 4 is 5.91 Å². The first-order valence-corrected chi connectivity index (χ1v) is 7.18. The van der Waals surface area contributed by atoms with E-state index in [9.17, 15) is 4.79 Å². The summed E-state index contributed by atoms with van der Waals surface area (Å²) >= 11 is 0. The lowest BCUT2D eigenvalue weighted by molar-refractivity contribution is -0.122. The van der Waals surface area contributed by atoms with Gasteiger partial charge in [-0.2, -0.15) is 0 Å². The smallest absolute Gasteiger partial charge is 0.221 e. The average Bonchev–Trinajstić information content (AvgIpc) is 2.57. The Labute approximate surface area is 106 Å². The van der Waals surface area contributed by atoms with Crippen LogP contribution in [0.3, 0.4) is 0 Å². The normalized spacial score (nSPS) is 21.6. The molecule has 1 aliphatic rings. The maximum absolute atomic E-state index is 11.8. The molecule has 0 aliphatic heterocycles. The van der Waals surface area contributed by atoms with Gasteiger partial charge >= 0.3 is 0 Å². The van der Waals surface area contributed by atoms with Crippen molar-refractivity contribution in [2.75, 3.05) is 0 Å². The van der Waals surface area contributed by atoms with Gasteiger partial charge in [-0.25, -0.2) is 0 Å². The summed E-state index contributed by atoms with van der Waals surface area (Å²) in [6.07, 6.45) is 9.22. The molecule has 0 aromatic carbocycles. The van der Waals surface area contributed by atoms with E-state index >= 15 is 0 Å². The Balaban J connectivity index is 2.31. The number of amides is 1. The lowest BCUT2D eigenvalue weighted by atomic mass is 9.93. The molecule has 3 heteroatoms. The van der Waals surface area contributed by atoms with Gasteiger partial charge in [0.15, 0.2) is 0 Å². The number of hydrogen-bond donors (Lipinski definition) is 2. The van der Waals surface area contributed by atoms with Gasteiger partial charge in [-0.3, -0.25) is 4.79 Å². The minimum atomic E-state index is 0.0105. The second kappa shape index (κ2) is 7.70. The highest BCUT2D eigenvalue weighted by Gasteiger charge is 2.20. The largest absolute Gasteiger partial charge is 0.353 e. The Morgan fingerprint density at radius 2 is 1.88 bits per heavy atom. The topological polar surface area (TPSA) is 55.1 Å². The SMILES string of the molecule is CCC(N)CC(=O)N[C@H](C)C1CCCCCC1. The molecule has 3 N–H and O–H groups in total. The lowest BCUT2D eigenvalue weighted by Crippen LogP contribution is -2.40. The fourth-order valence-electron chi connectivity index (χ4n) is 2.62. The van der Waals surface area contributed by atoms with E-state index in [0.29, 0.717) is 18.4 Å². The molecule has 2 atom stereocenters. The number of rotatable bonds is 5. The molecule has 0 saturated heterocycles. The van der Waals surface area contributed by atoms with Crippen molar-refractivity contribution in [2.24, 2.45) is 11.7 Å². The fraction of sp³-hybridized carbons (Fsp3) is 0.929. The van der Waals surface area contributed by atoms with Gasteiger partial charge in [-0.05, 0) is 32.1 Å². The van der Waals surface area contributed by atoms with Gasteiger partial charge in [0.2, 0.25) is 5.91 Å². The minimum absolute atomic E-state index is 0.0105. The molecule has 1 unspecified atom stereocenters. The third kappa shape index (κ3) is 5.53. The number of carbonyl (C=O) groups excluding carboxylic acids is 1. The lowest BCUT2D eigenvalue weighted by Gasteiger charge is -2.24. The molecule has 0 aromatic rings. The van der Waals surface area contributed by atoms with Crippen LogP contribution in [0.5, 0.6) is 0 Å². The van der Waals surface area contributed by atoms with Gasteiger partial charge in [0.05, 0.1) is 0 Å². The van der Waals surface area contributed by atoms with Gasteiger partial charge in [0, 0.05) is 18.5 Å². The van der Waals surface area contributed by atoms with Gasteiger partial charge in [0.25, 0.3) is 0 Å². The molecule has 0 spiro atoms. The van der Waals surface area contributed by atoms with Crippen LogP contribution < -0.4 is 11.1 Å². The Kier molecular flexibility index (Phi) is 6.56. The van der Waals surface area contributed by atoms with E-state index in [0.717, 1.165) is 6.42 Å². The maximum atomic E-state index is 11.8. The monoisotopic (exact) mass is 240 g/mol. The van der Waals surface area contributed by atoms with E-state index in [-0.39, 0.29) is 11.9 Å². The third-order valence-electron chi connectivity index (χ3n) is 3.97. The van der Waals surface area contributed by atoms with Crippen molar-refractivity contribution in [3.8, 4) is 0 Å². The molecule has 1 amide bonds. The van der Waals surface area contributed by atoms with Crippen LogP contribution in [0.15, 0.2) is 0 Å². The van der Waals surface area contributed by atoms with Crippen LogP contribution in [0.25, 0.3) is 0 Å². The summed E-state index contributed by atoms with van der Waals surface area (Å²) in [6.45, 7) is 4.16. The predicted molar refractivity (Wildman–Crippen MR) is 71.7 cm³/mol. The Morgan fingerprint density at radius 3 is 2.41 bits per heavy atom. The highest BCUT2D eigenvalue weighted by molar-refractivity contribution is 5.76. The Hall–Kier alpha value is -0.570. The van der Waals surface area contributed by atoms with Crippen LogP contribution in [0.1, 0.15) is 65.2 Å². The second-order valence-electron chi connectivity index (χ2n) is 5.48. The second-order valence-corrected chi connectivity index (χ2v) is 5.48. The summed E-state index contributed by atoms with van der Waals surface area (Å²) in [4.78, 5) is 11.8. The number of nitrogens with one attached hydrogen (secondary N) is 1. The predicted octanol–water partition coefficient (Wildman–Crippen LogP) is 2.59. The molecule has 0 aromatic heterocycles. The van der Waals surface area contributed by atoms with Gasteiger partial charge in [-0.15, -0.1) is 0 Å². The first-order valence-electron chi connectivity index (χ1n) is 7.18. The summed E-state index contributed by atoms with van der Waals surface area (Å²) < 4.78 is 0. The Bertz CT molecular complexity index is 222. The van der Waals surface area contributed by atoms with Gasteiger partial charge in [-0.1, -0.05) is 32.6 Å². The Morgan fingerprint density at radius 1 is 1.29 bits per heavy atom. The number of carbonyl (C=O) groups is 1. The summed E-state index contributed by atoms with van der Waals surface area (Å²) in [5.74, 6) is 0.787. The van der Waals surface area contributed by atoms with Crippen molar-refractivity contribution < 1.29 is 4.79 Å². The van der Waals surface area contributed by atoms with Crippen molar-refractivity contribution in [1.82, 2.24) is 5.32 Å². The summed E-state index contributed by atoms with van der Waals surface area (Å²) in [6, 6.07) is 0.320. The quantitative estimate of drug-likeness (QED) is 0.726. The average molecular weight is 240 g/mol. The summed E-state index contributed by atoms with van der Waals surface area (Å²) in [5.41, 5.74) is 5.79. The van der Waals surface area contributed by atoms with Crippen LogP contribution >= 0.6 is 0 Å². The molecular formula is C14H28N2O. The van der Waals surface area contributed by atoms with Crippen molar-refractivity contribution in [3.63, 3.8) is 0 Å². The number of nitrogens with two attached hydrogens (primary N) is 1. The summed E-state index contributed by atoms with van der Waals surface area (Å²) in [7, 11) is 0. The van der Waals surface area contributed by atoms with Crippen LogP contribution in [-0.2, 0) is 4.79 Å². The highest BCUT2D eigenvalue weighted by atomic mass is 16.1. The van der Waals surface area contributed by atoms with E-state index in [1.807, 2.05) is 6.92 Å². The van der Waals surface area contributed by atoms with Crippen LogP contribution in [0.2, 0.25) is 0 Å². The van der Waals surface area contributed by atoms with Crippen molar-refractivity contribution in [2.45, 2.75) is 77.3 Å². The molecule has 3 nitrogen and oxygen atoms in total. The molecule has 1 saturated carbocycles. The molecule has 1 aliphatic carbocycles. The van der Waals surface area contributed by atoms with E-state index in [4.69, 9.17) is 5.73 Å². The van der Waals surface area contributed by atoms with Crippen LogP contribution in [0, 0.1) is 5.92 Å². The zero-order valence-electron chi connectivity index (χ0n) is 11.4. The standard InChI is InChI=1S/C14H28N2O/c1-3-13(15)10-14(17)16-11(2)12-8-6-4-5-7-9-12/h11-13H,3-10,15H2,1-2H3,(H,16,17)/t11-,13?/m1/s1. The third-order valence-corrected chi connectivity index (χ3v) is 3.97. The zero-order valence-corrected chi connectivity index (χ0v) is 11.4. The minimum Gasteiger partial charge on any atom is -0.353 e. The number of hydrogen-bond acceptors (Lipinski definition) is 2. The first-order chi connectivity index (χ1) is 8.13. The van der Waals surface area contributed by atoms with E-state index in [2.05, 4.69) is 12.2 Å².